The minimum absolute atomic E-state index is 0.0256. The highest BCUT2D eigenvalue weighted by atomic mass is 16.4. The third-order valence-corrected chi connectivity index (χ3v) is 3.92. The second-order valence-corrected chi connectivity index (χ2v) is 4.40. The van der Waals surface area contributed by atoms with Crippen LogP contribution < -0.4 is 5.32 Å². The lowest BCUT2D eigenvalue weighted by atomic mass is 9.80. The zero-order valence-corrected chi connectivity index (χ0v) is 7.06. The Morgan fingerprint density at radius 1 is 1.46 bits per heavy atom. The Bertz CT molecular complexity index is 299. The molecule has 0 spiro atoms. The highest BCUT2D eigenvalue weighted by molar-refractivity contribution is 5.89. The maximum Gasteiger partial charge on any atom is 0.307 e. The summed E-state index contributed by atoms with van der Waals surface area (Å²) >= 11 is 0. The van der Waals surface area contributed by atoms with Crippen LogP contribution in [-0.4, -0.2) is 23.0 Å². The number of carboxylic acids is 1. The van der Waals surface area contributed by atoms with Crippen molar-refractivity contribution in [2.75, 3.05) is 0 Å². The van der Waals surface area contributed by atoms with E-state index < -0.39 is 11.9 Å². The van der Waals surface area contributed by atoms with Gasteiger partial charge in [-0.15, -0.1) is 0 Å². The SMILES string of the molecule is O=C(O)[C@@H]1[C@@H]2C[C@@H]3[C@H]1C(=O)N[C@@H]3C2. The first kappa shape index (κ1) is 7.35. The van der Waals surface area contributed by atoms with E-state index in [9.17, 15) is 9.59 Å². The van der Waals surface area contributed by atoms with E-state index in [1.54, 1.807) is 0 Å². The number of nitrogens with one attached hydrogen (secondary N) is 1. The lowest BCUT2D eigenvalue weighted by Crippen LogP contribution is -2.31. The number of amides is 1. The topological polar surface area (TPSA) is 66.4 Å². The zero-order valence-electron chi connectivity index (χ0n) is 7.06. The standard InChI is InChI=1S/C9H11NO3/c11-8-7-4-1-3(2-5(4)10-8)6(7)9(12)13/h3-7H,1-2H2,(H,10,11)(H,12,13)/t3-,4+,5-,6-,7-/m1/s1. The zero-order chi connectivity index (χ0) is 9.16. The van der Waals surface area contributed by atoms with Crippen LogP contribution in [-0.2, 0) is 9.59 Å². The van der Waals surface area contributed by atoms with E-state index >= 15 is 0 Å². The molecule has 1 amide bonds. The van der Waals surface area contributed by atoms with Gasteiger partial charge in [0, 0.05) is 6.04 Å². The first-order valence-corrected chi connectivity index (χ1v) is 4.71. The molecule has 5 atom stereocenters. The smallest absolute Gasteiger partial charge is 0.307 e. The third-order valence-electron chi connectivity index (χ3n) is 3.92. The molecule has 1 saturated heterocycles. The molecule has 0 radical (unpaired) electrons. The largest absolute Gasteiger partial charge is 0.481 e. The number of hydrogen-bond donors (Lipinski definition) is 2. The normalized spacial score (nSPS) is 51.1. The van der Waals surface area contributed by atoms with E-state index in [2.05, 4.69) is 5.32 Å². The molecule has 2 bridgehead atoms. The molecule has 3 fully saturated rings. The van der Waals surface area contributed by atoms with E-state index in [-0.39, 0.29) is 23.8 Å². The molecular formula is C9H11NO3. The molecule has 0 aromatic heterocycles. The van der Waals surface area contributed by atoms with Crippen molar-refractivity contribution in [3.8, 4) is 0 Å². The number of hydrogen-bond acceptors (Lipinski definition) is 2. The van der Waals surface area contributed by atoms with Crippen LogP contribution in [0.1, 0.15) is 12.8 Å². The predicted octanol–water partition coefficient (Wildman–Crippen LogP) is -0.158. The molecule has 13 heavy (non-hydrogen) atoms. The molecule has 2 N–H and O–H groups in total. The molecule has 70 valence electrons. The van der Waals surface area contributed by atoms with Crippen molar-refractivity contribution in [3.05, 3.63) is 0 Å². The molecule has 3 rings (SSSR count). The number of fused-ring (bicyclic) bond motifs is 1. The van der Waals surface area contributed by atoms with Crippen molar-refractivity contribution in [1.29, 1.82) is 0 Å². The molecule has 0 unspecified atom stereocenters. The van der Waals surface area contributed by atoms with Gasteiger partial charge in [0.05, 0.1) is 11.8 Å². The van der Waals surface area contributed by atoms with E-state index in [0.717, 1.165) is 12.8 Å². The van der Waals surface area contributed by atoms with Crippen LogP contribution in [0.3, 0.4) is 0 Å². The Kier molecular flexibility index (Phi) is 1.16. The highest BCUT2D eigenvalue weighted by Gasteiger charge is 2.62. The minimum atomic E-state index is -0.784. The van der Waals surface area contributed by atoms with Gasteiger partial charge < -0.3 is 10.4 Å². The van der Waals surface area contributed by atoms with Gasteiger partial charge in [-0.2, -0.15) is 0 Å². The summed E-state index contributed by atoms with van der Waals surface area (Å²) in [5.74, 6) is -0.865. The lowest BCUT2D eigenvalue weighted by Gasteiger charge is -2.21. The molecule has 2 aliphatic carbocycles. The fraction of sp³-hybridized carbons (Fsp3) is 0.778. The van der Waals surface area contributed by atoms with Crippen LogP contribution in [0.15, 0.2) is 0 Å². The first-order chi connectivity index (χ1) is 6.18. The summed E-state index contributed by atoms with van der Waals surface area (Å²) in [5, 5.41) is 11.9. The Hall–Kier alpha value is -1.06. The van der Waals surface area contributed by atoms with Gasteiger partial charge in [0.15, 0.2) is 0 Å². The monoisotopic (exact) mass is 181 g/mol. The van der Waals surface area contributed by atoms with Crippen molar-refractivity contribution in [2.45, 2.75) is 18.9 Å². The van der Waals surface area contributed by atoms with Gasteiger partial charge in [0.2, 0.25) is 5.91 Å². The van der Waals surface area contributed by atoms with Gasteiger partial charge in [-0.05, 0) is 24.7 Å². The number of carboxylic acid groups (broad SMARTS) is 1. The first-order valence-electron chi connectivity index (χ1n) is 4.71. The molecule has 1 heterocycles. The highest BCUT2D eigenvalue weighted by Crippen LogP contribution is 2.55. The maximum absolute atomic E-state index is 11.4. The predicted molar refractivity (Wildman–Crippen MR) is 42.8 cm³/mol. The van der Waals surface area contributed by atoms with E-state index in [1.807, 2.05) is 0 Å². The Balaban J connectivity index is 2.01. The number of carbonyl (C=O) groups excluding carboxylic acids is 1. The van der Waals surface area contributed by atoms with Crippen LogP contribution in [0.5, 0.6) is 0 Å². The summed E-state index contributed by atoms with van der Waals surface area (Å²) in [4.78, 5) is 22.4. The van der Waals surface area contributed by atoms with Crippen molar-refractivity contribution >= 4 is 11.9 Å². The van der Waals surface area contributed by atoms with Crippen molar-refractivity contribution in [3.63, 3.8) is 0 Å². The molecule has 0 aromatic carbocycles. The average Bonchev–Trinajstić information content (AvgIpc) is 2.60. The van der Waals surface area contributed by atoms with Gasteiger partial charge in [-0.3, -0.25) is 9.59 Å². The van der Waals surface area contributed by atoms with Crippen LogP contribution in [0.25, 0.3) is 0 Å². The summed E-state index contributed by atoms with van der Waals surface area (Å²) in [6.45, 7) is 0. The number of aliphatic carboxylic acids is 1. The summed E-state index contributed by atoms with van der Waals surface area (Å²) in [6.07, 6.45) is 1.81. The molecule has 4 heteroatoms. The van der Waals surface area contributed by atoms with Gasteiger partial charge in [0.1, 0.15) is 0 Å². The second kappa shape index (κ2) is 2.05. The van der Waals surface area contributed by atoms with Gasteiger partial charge in [-0.1, -0.05) is 0 Å². The Morgan fingerprint density at radius 3 is 2.92 bits per heavy atom. The van der Waals surface area contributed by atoms with Gasteiger partial charge >= 0.3 is 5.97 Å². The molecule has 0 aromatic rings. The summed E-state index contributed by atoms with van der Waals surface area (Å²) in [5.41, 5.74) is 0. The lowest BCUT2D eigenvalue weighted by molar-refractivity contribution is -0.147. The van der Waals surface area contributed by atoms with E-state index in [0.29, 0.717) is 5.92 Å². The van der Waals surface area contributed by atoms with Crippen LogP contribution in [0.2, 0.25) is 0 Å². The average molecular weight is 181 g/mol. The second-order valence-electron chi connectivity index (χ2n) is 4.40. The van der Waals surface area contributed by atoms with E-state index in [1.165, 1.54) is 0 Å². The Morgan fingerprint density at radius 2 is 2.23 bits per heavy atom. The number of rotatable bonds is 1. The number of carbonyl (C=O) groups is 2. The summed E-state index contributed by atoms with van der Waals surface area (Å²) in [7, 11) is 0. The van der Waals surface area contributed by atoms with Crippen LogP contribution in [0.4, 0.5) is 0 Å². The van der Waals surface area contributed by atoms with Gasteiger partial charge in [0.25, 0.3) is 0 Å². The molecule has 4 nitrogen and oxygen atoms in total. The Labute approximate surface area is 75.3 Å². The van der Waals surface area contributed by atoms with Crippen molar-refractivity contribution in [2.24, 2.45) is 23.7 Å². The molecular weight excluding hydrogens is 170 g/mol. The summed E-state index contributed by atoms with van der Waals surface area (Å²) < 4.78 is 0. The summed E-state index contributed by atoms with van der Waals surface area (Å²) in [6, 6.07) is 0.290. The third kappa shape index (κ3) is 0.716. The van der Waals surface area contributed by atoms with E-state index in [4.69, 9.17) is 5.11 Å². The minimum Gasteiger partial charge on any atom is -0.481 e. The van der Waals surface area contributed by atoms with Crippen molar-refractivity contribution < 1.29 is 14.7 Å². The molecule has 1 aliphatic heterocycles. The van der Waals surface area contributed by atoms with Crippen LogP contribution >= 0.6 is 0 Å². The fourth-order valence-corrected chi connectivity index (χ4v) is 3.52. The van der Waals surface area contributed by atoms with Crippen LogP contribution in [0, 0.1) is 23.7 Å². The maximum atomic E-state index is 11.4. The molecule has 3 aliphatic rings. The quantitative estimate of drug-likeness (QED) is 0.590. The molecule has 2 saturated carbocycles. The fourth-order valence-electron chi connectivity index (χ4n) is 3.52. The van der Waals surface area contributed by atoms with Crippen molar-refractivity contribution in [1.82, 2.24) is 5.32 Å². The van der Waals surface area contributed by atoms with Gasteiger partial charge in [-0.25, -0.2) is 0 Å².